The van der Waals surface area contributed by atoms with Gasteiger partial charge < -0.3 is 5.73 Å². The van der Waals surface area contributed by atoms with Gasteiger partial charge in [-0.05, 0) is 48.2 Å². The molecule has 0 bridgehead atoms. The predicted octanol–water partition coefficient (Wildman–Crippen LogP) is 3.36. The predicted molar refractivity (Wildman–Crippen MR) is 79.7 cm³/mol. The Kier molecular flexibility index (Phi) is 3.70. The van der Waals surface area contributed by atoms with Crippen LogP contribution in [0.25, 0.3) is 0 Å². The summed E-state index contributed by atoms with van der Waals surface area (Å²) in [6, 6.07) is 13.7. The lowest BCUT2D eigenvalue weighted by Gasteiger charge is -2.20. The highest BCUT2D eigenvalue weighted by molar-refractivity contribution is 5.41. The fraction of sp³-hybridized carbons (Fsp3) is 0.294. The van der Waals surface area contributed by atoms with Crippen molar-refractivity contribution in [3.63, 3.8) is 0 Å². The van der Waals surface area contributed by atoms with Crippen molar-refractivity contribution < 1.29 is 4.39 Å². The highest BCUT2D eigenvalue weighted by Crippen LogP contribution is 2.21. The standard InChI is InChI=1S/C17H19FN2/c18-16-10-13(7-8-17(16)19)11-20-9-3-6-14-4-1-2-5-15(14)12-20/h1-2,4-5,7-8,10H,3,6,9,11-12,19H2. The van der Waals surface area contributed by atoms with Gasteiger partial charge in [0.25, 0.3) is 0 Å². The average Bonchev–Trinajstić information content (AvgIpc) is 2.64. The molecule has 2 aromatic carbocycles. The quantitative estimate of drug-likeness (QED) is 0.848. The van der Waals surface area contributed by atoms with Gasteiger partial charge in [-0.2, -0.15) is 0 Å². The Morgan fingerprint density at radius 1 is 1.10 bits per heavy atom. The molecule has 2 N–H and O–H groups in total. The second kappa shape index (κ2) is 5.63. The van der Waals surface area contributed by atoms with Gasteiger partial charge >= 0.3 is 0 Å². The van der Waals surface area contributed by atoms with Crippen LogP contribution in [0.5, 0.6) is 0 Å². The minimum absolute atomic E-state index is 0.218. The van der Waals surface area contributed by atoms with E-state index in [-0.39, 0.29) is 11.5 Å². The van der Waals surface area contributed by atoms with Gasteiger partial charge in [-0.15, -0.1) is 0 Å². The molecule has 0 saturated heterocycles. The summed E-state index contributed by atoms with van der Waals surface area (Å²) in [4.78, 5) is 2.37. The summed E-state index contributed by atoms with van der Waals surface area (Å²) in [7, 11) is 0. The van der Waals surface area contributed by atoms with E-state index in [2.05, 4.69) is 29.2 Å². The molecule has 0 amide bonds. The van der Waals surface area contributed by atoms with Crippen molar-refractivity contribution in [2.24, 2.45) is 0 Å². The third kappa shape index (κ3) is 2.83. The first-order chi connectivity index (χ1) is 9.72. The number of nitrogen functional groups attached to an aromatic ring is 1. The maximum atomic E-state index is 13.5. The molecular formula is C17H19FN2. The Morgan fingerprint density at radius 2 is 1.90 bits per heavy atom. The van der Waals surface area contributed by atoms with E-state index in [0.717, 1.165) is 38.0 Å². The zero-order chi connectivity index (χ0) is 13.9. The molecule has 2 aromatic rings. The Morgan fingerprint density at radius 3 is 2.70 bits per heavy atom. The molecule has 2 nitrogen and oxygen atoms in total. The lowest BCUT2D eigenvalue weighted by Crippen LogP contribution is -2.22. The van der Waals surface area contributed by atoms with E-state index >= 15 is 0 Å². The number of aryl methyl sites for hydroxylation is 1. The number of halogens is 1. The Bertz CT molecular complexity index is 610. The van der Waals surface area contributed by atoms with Crippen LogP contribution in [-0.4, -0.2) is 11.4 Å². The van der Waals surface area contributed by atoms with Gasteiger partial charge in [0.1, 0.15) is 5.82 Å². The zero-order valence-electron chi connectivity index (χ0n) is 11.5. The van der Waals surface area contributed by atoms with Crippen LogP contribution in [-0.2, 0) is 19.5 Å². The van der Waals surface area contributed by atoms with Crippen molar-refractivity contribution in [3.8, 4) is 0 Å². The fourth-order valence-electron chi connectivity index (χ4n) is 2.83. The number of rotatable bonds is 2. The van der Waals surface area contributed by atoms with E-state index < -0.39 is 0 Å². The number of fused-ring (bicyclic) bond motifs is 1. The third-order valence-electron chi connectivity index (χ3n) is 3.90. The van der Waals surface area contributed by atoms with E-state index in [9.17, 15) is 4.39 Å². The normalized spacial score (nSPS) is 15.7. The molecule has 1 heterocycles. The van der Waals surface area contributed by atoms with Crippen molar-refractivity contribution >= 4 is 5.69 Å². The summed E-state index contributed by atoms with van der Waals surface area (Å²) in [5, 5.41) is 0. The number of benzene rings is 2. The van der Waals surface area contributed by atoms with Gasteiger partial charge in [0.2, 0.25) is 0 Å². The average molecular weight is 270 g/mol. The molecule has 0 spiro atoms. The fourth-order valence-corrected chi connectivity index (χ4v) is 2.83. The van der Waals surface area contributed by atoms with E-state index in [1.54, 1.807) is 12.1 Å². The van der Waals surface area contributed by atoms with Crippen LogP contribution in [0.3, 0.4) is 0 Å². The van der Waals surface area contributed by atoms with Gasteiger partial charge in [0.15, 0.2) is 0 Å². The molecular weight excluding hydrogens is 251 g/mol. The van der Waals surface area contributed by atoms with Gasteiger partial charge in [0, 0.05) is 13.1 Å². The van der Waals surface area contributed by atoms with Crippen molar-refractivity contribution in [1.29, 1.82) is 0 Å². The Hall–Kier alpha value is -1.87. The molecule has 0 unspecified atom stereocenters. The van der Waals surface area contributed by atoms with Gasteiger partial charge in [0.05, 0.1) is 5.69 Å². The first kappa shape index (κ1) is 13.1. The topological polar surface area (TPSA) is 29.3 Å². The first-order valence-corrected chi connectivity index (χ1v) is 7.05. The van der Waals surface area contributed by atoms with Crippen LogP contribution >= 0.6 is 0 Å². The lowest BCUT2D eigenvalue weighted by molar-refractivity contribution is 0.261. The first-order valence-electron chi connectivity index (χ1n) is 7.05. The molecule has 1 aliphatic heterocycles. The van der Waals surface area contributed by atoms with Crippen molar-refractivity contribution in [2.45, 2.75) is 25.9 Å². The SMILES string of the molecule is Nc1ccc(CN2CCCc3ccccc3C2)cc1F. The number of nitrogens with zero attached hydrogens (tertiary/aromatic N) is 1. The van der Waals surface area contributed by atoms with Crippen molar-refractivity contribution in [2.75, 3.05) is 12.3 Å². The number of anilines is 1. The van der Waals surface area contributed by atoms with E-state index in [0.29, 0.717) is 0 Å². The summed E-state index contributed by atoms with van der Waals surface area (Å²) in [5.41, 5.74) is 9.55. The molecule has 0 fully saturated rings. The number of nitrogens with two attached hydrogens (primary N) is 1. The van der Waals surface area contributed by atoms with E-state index in [1.165, 1.54) is 11.1 Å². The minimum atomic E-state index is -0.322. The lowest BCUT2D eigenvalue weighted by atomic mass is 10.0. The van der Waals surface area contributed by atoms with Crippen LogP contribution in [0.2, 0.25) is 0 Å². The number of hydrogen-bond donors (Lipinski definition) is 1. The summed E-state index contributed by atoms with van der Waals surface area (Å²) in [6.07, 6.45) is 2.28. The zero-order valence-corrected chi connectivity index (χ0v) is 11.5. The second-order valence-electron chi connectivity index (χ2n) is 5.44. The largest absolute Gasteiger partial charge is 0.396 e. The molecule has 3 heteroatoms. The summed E-state index contributed by atoms with van der Waals surface area (Å²) in [5.74, 6) is -0.322. The highest BCUT2D eigenvalue weighted by atomic mass is 19.1. The number of hydrogen-bond acceptors (Lipinski definition) is 2. The molecule has 0 aliphatic carbocycles. The van der Waals surface area contributed by atoms with Gasteiger partial charge in [-0.3, -0.25) is 4.90 Å². The molecule has 0 radical (unpaired) electrons. The van der Waals surface area contributed by atoms with Crippen molar-refractivity contribution in [1.82, 2.24) is 4.90 Å². The van der Waals surface area contributed by atoms with Crippen LogP contribution in [0.1, 0.15) is 23.1 Å². The summed E-state index contributed by atoms with van der Waals surface area (Å²) >= 11 is 0. The van der Waals surface area contributed by atoms with E-state index in [4.69, 9.17) is 5.73 Å². The van der Waals surface area contributed by atoms with Crippen LogP contribution in [0, 0.1) is 5.82 Å². The van der Waals surface area contributed by atoms with Crippen LogP contribution < -0.4 is 5.73 Å². The summed E-state index contributed by atoms with van der Waals surface area (Å²) < 4.78 is 13.5. The van der Waals surface area contributed by atoms with Gasteiger partial charge in [-0.25, -0.2) is 4.39 Å². The summed E-state index contributed by atoms with van der Waals surface area (Å²) in [6.45, 7) is 2.74. The minimum Gasteiger partial charge on any atom is -0.396 e. The van der Waals surface area contributed by atoms with Gasteiger partial charge in [-0.1, -0.05) is 30.3 Å². The monoisotopic (exact) mass is 270 g/mol. The van der Waals surface area contributed by atoms with E-state index in [1.807, 2.05) is 6.07 Å². The highest BCUT2D eigenvalue weighted by Gasteiger charge is 2.14. The van der Waals surface area contributed by atoms with Crippen LogP contribution in [0.15, 0.2) is 42.5 Å². The van der Waals surface area contributed by atoms with Crippen molar-refractivity contribution in [3.05, 3.63) is 65.0 Å². The third-order valence-corrected chi connectivity index (χ3v) is 3.90. The maximum absolute atomic E-state index is 13.5. The Labute approximate surface area is 119 Å². The molecule has 1 aliphatic rings. The molecule has 0 atom stereocenters. The van der Waals surface area contributed by atoms with Crippen LogP contribution in [0.4, 0.5) is 10.1 Å². The molecule has 20 heavy (non-hydrogen) atoms. The Balaban J connectivity index is 1.76. The maximum Gasteiger partial charge on any atom is 0.146 e. The molecule has 104 valence electrons. The smallest absolute Gasteiger partial charge is 0.146 e. The second-order valence-corrected chi connectivity index (χ2v) is 5.44. The molecule has 0 saturated carbocycles. The molecule has 0 aromatic heterocycles. The molecule has 3 rings (SSSR count).